The number of rotatable bonds is 6. The van der Waals surface area contributed by atoms with Crippen LogP contribution in [0, 0.1) is 12.7 Å². The minimum absolute atomic E-state index is 0.277. The summed E-state index contributed by atoms with van der Waals surface area (Å²) >= 11 is 1.10. The van der Waals surface area contributed by atoms with E-state index in [-0.39, 0.29) is 5.39 Å². The molecule has 8 nitrogen and oxygen atoms in total. The quantitative estimate of drug-likeness (QED) is 0.427. The summed E-state index contributed by atoms with van der Waals surface area (Å²) in [5.41, 5.74) is 0.952. The number of halogens is 1. The number of anilines is 2. The first-order valence-electron chi connectivity index (χ1n) is 10.3. The molecule has 2 N–H and O–H groups in total. The second-order valence-corrected chi connectivity index (χ2v) is 8.52. The topological polar surface area (TPSA) is 102 Å². The molecule has 2 aromatic heterocycles. The van der Waals surface area contributed by atoms with E-state index >= 15 is 0 Å². The highest BCUT2D eigenvalue weighted by atomic mass is 32.1. The van der Waals surface area contributed by atoms with Gasteiger partial charge in [0.25, 0.3) is 11.5 Å². The number of carbonyl (C=O) groups is 2. The third-order valence-electron chi connectivity index (χ3n) is 5.35. The zero-order valence-electron chi connectivity index (χ0n) is 18.6. The van der Waals surface area contributed by atoms with Crippen molar-refractivity contribution in [1.82, 2.24) is 9.55 Å². The highest BCUT2D eigenvalue weighted by Gasteiger charge is 2.23. The Labute approximate surface area is 198 Å². The lowest BCUT2D eigenvalue weighted by molar-refractivity contribution is -0.118. The summed E-state index contributed by atoms with van der Waals surface area (Å²) < 4.78 is 19.6. The predicted octanol–water partition coefficient (Wildman–Crippen LogP) is 4.37. The minimum atomic E-state index is -0.889. The number of para-hydroxylation sites is 2. The van der Waals surface area contributed by atoms with E-state index in [1.807, 2.05) is 0 Å². The SMILES string of the molecule is COc1ccccc1NC(=O)c1sc2ncn(C(C)C(=O)Nc3ccc(F)cc3)c(=O)c2c1C. The molecule has 0 aliphatic carbocycles. The lowest BCUT2D eigenvalue weighted by Gasteiger charge is -2.15. The van der Waals surface area contributed by atoms with Crippen LogP contribution in [0.15, 0.2) is 59.7 Å². The molecule has 0 saturated carbocycles. The highest BCUT2D eigenvalue weighted by Crippen LogP contribution is 2.30. The molecule has 4 aromatic rings. The van der Waals surface area contributed by atoms with Crippen LogP contribution in [-0.2, 0) is 4.79 Å². The van der Waals surface area contributed by atoms with Gasteiger partial charge in [-0.25, -0.2) is 9.37 Å². The van der Waals surface area contributed by atoms with Gasteiger partial charge in [0.15, 0.2) is 0 Å². The van der Waals surface area contributed by atoms with Crippen LogP contribution in [0.25, 0.3) is 10.2 Å². The van der Waals surface area contributed by atoms with E-state index in [1.54, 1.807) is 38.1 Å². The molecule has 1 atom stereocenters. The molecule has 2 heterocycles. The Morgan fingerprint density at radius 2 is 1.82 bits per heavy atom. The van der Waals surface area contributed by atoms with Crippen LogP contribution in [0.5, 0.6) is 5.75 Å². The van der Waals surface area contributed by atoms with Crippen LogP contribution in [0.1, 0.15) is 28.2 Å². The molecule has 4 rings (SSSR count). The van der Waals surface area contributed by atoms with Gasteiger partial charge in [-0.15, -0.1) is 11.3 Å². The zero-order valence-corrected chi connectivity index (χ0v) is 19.4. The molecule has 0 aliphatic rings. The number of nitrogens with zero attached hydrogens (tertiary/aromatic N) is 2. The Morgan fingerprint density at radius 1 is 1.12 bits per heavy atom. The molecule has 2 amide bonds. The summed E-state index contributed by atoms with van der Waals surface area (Å²) in [4.78, 5) is 43.9. The second kappa shape index (κ2) is 9.44. The molecular formula is C24H21FN4O4S. The maximum absolute atomic E-state index is 13.2. The smallest absolute Gasteiger partial charge is 0.266 e. The van der Waals surface area contributed by atoms with Crippen LogP contribution in [-0.4, -0.2) is 28.5 Å². The van der Waals surface area contributed by atoms with E-state index < -0.39 is 29.2 Å². The second-order valence-electron chi connectivity index (χ2n) is 7.52. The molecule has 0 fully saturated rings. The van der Waals surface area contributed by atoms with E-state index in [0.717, 1.165) is 11.3 Å². The molecule has 174 valence electrons. The van der Waals surface area contributed by atoms with Gasteiger partial charge in [0, 0.05) is 5.69 Å². The van der Waals surface area contributed by atoms with Crippen LogP contribution in [0.2, 0.25) is 0 Å². The average molecular weight is 481 g/mol. The fourth-order valence-corrected chi connectivity index (χ4v) is 4.50. The van der Waals surface area contributed by atoms with Crippen molar-refractivity contribution >= 4 is 44.7 Å². The normalized spacial score (nSPS) is 11.8. The number of amides is 2. The third kappa shape index (κ3) is 4.40. The number of fused-ring (bicyclic) bond motifs is 1. The lowest BCUT2D eigenvalue weighted by Crippen LogP contribution is -2.31. The fourth-order valence-electron chi connectivity index (χ4n) is 3.46. The summed E-state index contributed by atoms with van der Waals surface area (Å²) in [6, 6.07) is 11.4. The van der Waals surface area contributed by atoms with Gasteiger partial charge in [-0.2, -0.15) is 0 Å². The molecule has 0 bridgehead atoms. The van der Waals surface area contributed by atoms with Crippen LogP contribution in [0.3, 0.4) is 0 Å². The number of hydrogen-bond donors (Lipinski definition) is 2. The van der Waals surface area contributed by atoms with Crippen molar-refractivity contribution in [2.75, 3.05) is 17.7 Å². The Hall–Kier alpha value is -4.05. The number of aromatic nitrogens is 2. The van der Waals surface area contributed by atoms with E-state index in [4.69, 9.17) is 4.74 Å². The largest absolute Gasteiger partial charge is 0.495 e. The number of hydrogen-bond acceptors (Lipinski definition) is 6. The predicted molar refractivity (Wildman–Crippen MR) is 129 cm³/mol. The van der Waals surface area contributed by atoms with E-state index in [0.29, 0.717) is 32.4 Å². The van der Waals surface area contributed by atoms with Gasteiger partial charge in [0.1, 0.15) is 22.4 Å². The molecule has 0 spiro atoms. The summed E-state index contributed by atoms with van der Waals surface area (Å²) in [7, 11) is 1.51. The van der Waals surface area contributed by atoms with Crippen molar-refractivity contribution in [3.8, 4) is 5.75 Å². The first-order valence-corrected chi connectivity index (χ1v) is 11.1. The monoisotopic (exact) mass is 480 g/mol. The minimum Gasteiger partial charge on any atom is -0.495 e. The van der Waals surface area contributed by atoms with Crippen LogP contribution >= 0.6 is 11.3 Å². The molecule has 34 heavy (non-hydrogen) atoms. The summed E-state index contributed by atoms with van der Waals surface area (Å²) in [5, 5.41) is 5.73. The molecule has 0 radical (unpaired) electrons. The number of nitrogens with one attached hydrogen (secondary N) is 2. The first kappa shape index (κ1) is 23.1. The van der Waals surface area contributed by atoms with Gasteiger partial charge in [0.05, 0.1) is 29.4 Å². The van der Waals surface area contributed by atoms with Gasteiger partial charge in [0.2, 0.25) is 5.91 Å². The molecule has 0 saturated heterocycles. The van der Waals surface area contributed by atoms with E-state index in [2.05, 4.69) is 15.6 Å². The Kier molecular flexibility index (Phi) is 6.42. The van der Waals surface area contributed by atoms with Gasteiger partial charge in [-0.3, -0.25) is 19.0 Å². The van der Waals surface area contributed by atoms with Gasteiger partial charge >= 0.3 is 0 Å². The number of carbonyl (C=O) groups excluding carboxylic acids is 2. The van der Waals surface area contributed by atoms with Crippen molar-refractivity contribution in [3.05, 3.63) is 81.5 Å². The van der Waals surface area contributed by atoms with Gasteiger partial charge in [-0.1, -0.05) is 12.1 Å². The fraction of sp³-hybridized carbons (Fsp3) is 0.167. The van der Waals surface area contributed by atoms with Crippen molar-refractivity contribution in [2.24, 2.45) is 0 Å². The summed E-state index contributed by atoms with van der Waals surface area (Å²) in [6.07, 6.45) is 1.29. The standard InChI is InChI=1S/C24H21FN4O4S/c1-13-19-23(34-20(13)22(31)28-17-6-4-5-7-18(17)33-3)26-12-29(24(19)32)14(2)21(30)27-16-10-8-15(25)9-11-16/h4-12,14H,1-3H3,(H,27,30)(H,28,31). The molecule has 2 aromatic carbocycles. The first-order chi connectivity index (χ1) is 16.3. The van der Waals surface area contributed by atoms with Gasteiger partial charge in [-0.05, 0) is 55.8 Å². The van der Waals surface area contributed by atoms with Crippen molar-refractivity contribution < 1.29 is 18.7 Å². The summed E-state index contributed by atoms with van der Waals surface area (Å²) in [6.45, 7) is 3.23. The third-order valence-corrected chi connectivity index (χ3v) is 6.54. The molecular weight excluding hydrogens is 459 g/mol. The maximum Gasteiger partial charge on any atom is 0.266 e. The maximum atomic E-state index is 13.2. The highest BCUT2D eigenvalue weighted by molar-refractivity contribution is 7.20. The Balaban J connectivity index is 1.63. The number of methoxy groups -OCH3 is 1. The number of benzene rings is 2. The molecule has 0 aliphatic heterocycles. The van der Waals surface area contributed by atoms with Gasteiger partial charge < -0.3 is 15.4 Å². The molecule has 10 heteroatoms. The number of thiophene rings is 1. The number of ether oxygens (including phenoxy) is 1. The van der Waals surface area contributed by atoms with Crippen LogP contribution in [0.4, 0.5) is 15.8 Å². The van der Waals surface area contributed by atoms with E-state index in [1.165, 1.54) is 42.3 Å². The van der Waals surface area contributed by atoms with Crippen molar-refractivity contribution in [1.29, 1.82) is 0 Å². The lowest BCUT2D eigenvalue weighted by atomic mass is 10.2. The number of aryl methyl sites for hydroxylation is 1. The Morgan fingerprint density at radius 3 is 2.53 bits per heavy atom. The molecule has 1 unspecified atom stereocenters. The average Bonchev–Trinajstić information content (AvgIpc) is 3.18. The van der Waals surface area contributed by atoms with Crippen molar-refractivity contribution in [2.45, 2.75) is 19.9 Å². The van der Waals surface area contributed by atoms with E-state index in [9.17, 15) is 18.8 Å². The van der Waals surface area contributed by atoms with Crippen molar-refractivity contribution in [3.63, 3.8) is 0 Å². The Bertz CT molecular complexity index is 1450. The summed E-state index contributed by atoms with van der Waals surface area (Å²) in [5.74, 6) is -0.763. The van der Waals surface area contributed by atoms with Crippen LogP contribution < -0.4 is 20.9 Å². The zero-order chi connectivity index (χ0) is 24.4.